The van der Waals surface area contributed by atoms with Crippen molar-refractivity contribution in [3.8, 4) is 11.5 Å². The Morgan fingerprint density at radius 1 is 1.10 bits per heavy atom. The Labute approximate surface area is 165 Å². The Morgan fingerprint density at radius 3 is 2.55 bits per heavy atom. The summed E-state index contributed by atoms with van der Waals surface area (Å²) >= 11 is 0. The summed E-state index contributed by atoms with van der Waals surface area (Å²) in [5.74, 6) is 0.00843. The van der Waals surface area contributed by atoms with E-state index in [9.17, 15) is 22.8 Å². The molecule has 0 fully saturated rings. The van der Waals surface area contributed by atoms with E-state index >= 15 is 0 Å². The number of hydrogen-bond donors (Lipinski definition) is 2. The number of benzene rings is 1. The van der Waals surface area contributed by atoms with Gasteiger partial charge in [-0.05, 0) is 36.2 Å². The Hall–Kier alpha value is -3.17. The maximum atomic E-state index is 12.3. The molecule has 158 valence electrons. The van der Waals surface area contributed by atoms with Crippen LogP contribution >= 0.6 is 0 Å². The first-order valence-electron chi connectivity index (χ1n) is 8.69. The third-order valence-corrected chi connectivity index (χ3v) is 3.75. The monoisotopic (exact) mass is 414 g/mol. The molecule has 0 aliphatic rings. The van der Waals surface area contributed by atoms with Crippen molar-refractivity contribution in [2.75, 3.05) is 20.3 Å². The number of nitrogens with one attached hydrogen (secondary N) is 2. The number of carbonyl (C=O) groups excluding carboxylic acids is 2. The molecule has 29 heavy (non-hydrogen) atoms. The van der Waals surface area contributed by atoms with Gasteiger partial charge in [-0.3, -0.25) is 9.59 Å². The second-order valence-corrected chi connectivity index (χ2v) is 6.02. The molecule has 2 aromatic rings. The van der Waals surface area contributed by atoms with Gasteiger partial charge in [0.15, 0.2) is 18.1 Å². The summed E-state index contributed by atoms with van der Waals surface area (Å²) in [5.41, 5.74) is 0.679. The lowest BCUT2D eigenvalue weighted by atomic mass is 10.1. The molecule has 0 unspecified atom stereocenters. The summed E-state index contributed by atoms with van der Waals surface area (Å²) in [7, 11) is 1.31. The topological polar surface area (TPSA) is 89.8 Å². The van der Waals surface area contributed by atoms with E-state index in [1.165, 1.54) is 25.5 Å². The fraction of sp³-hybridized carbons (Fsp3) is 0.368. The zero-order valence-electron chi connectivity index (χ0n) is 15.7. The Balaban J connectivity index is 1.75. The van der Waals surface area contributed by atoms with Crippen LogP contribution in [0.5, 0.6) is 11.5 Å². The number of carbonyl (C=O) groups is 2. The second kappa shape index (κ2) is 10.4. The van der Waals surface area contributed by atoms with Gasteiger partial charge in [-0.2, -0.15) is 13.2 Å². The van der Waals surface area contributed by atoms with E-state index in [2.05, 4.69) is 10.6 Å². The van der Waals surface area contributed by atoms with Crippen molar-refractivity contribution in [1.82, 2.24) is 10.6 Å². The lowest BCUT2D eigenvalue weighted by Crippen LogP contribution is -2.36. The first-order chi connectivity index (χ1) is 13.8. The summed E-state index contributed by atoms with van der Waals surface area (Å²) in [6, 6.07) is 7.84. The van der Waals surface area contributed by atoms with Crippen molar-refractivity contribution >= 4 is 11.8 Å². The number of halogens is 3. The minimum atomic E-state index is -4.45. The van der Waals surface area contributed by atoms with Gasteiger partial charge < -0.3 is 24.5 Å². The number of aryl methyl sites for hydroxylation is 1. The third kappa shape index (κ3) is 8.16. The Kier molecular flexibility index (Phi) is 7.93. The summed E-state index contributed by atoms with van der Waals surface area (Å²) in [4.78, 5) is 23.6. The minimum Gasteiger partial charge on any atom is -0.493 e. The van der Waals surface area contributed by atoms with Crippen LogP contribution in [0.15, 0.2) is 41.0 Å². The third-order valence-electron chi connectivity index (χ3n) is 3.75. The van der Waals surface area contributed by atoms with Gasteiger partial charge in [0.1, 0.15) is 5.76 Å². The SMILES string of the molecule is COc1cc(CCC(=O)NCC(=O)NCc2ccco2)ccc1OCC(F)(F)F. The normalized spacial score (nSPS) is 11.0. The molecule has 0 spiro atoms. The molecule has 1 aromatic carbocycles. The van der Waals surface area contributed by atoms with E-state index < -0.39 is 12.8 Å². The lowest BCUT2D eigenvalue weighted by Gasteiger charge is -2.13. The molecule has 0 aliphatic heterocycles. The van der Waals surface area contributed by atoms with Gasteiger partial charge in [0.2, 0.25) is 11.8 Å². The van der Waals surface area contributed by atoms with Crippen molar-refractivity contribution in [1.29, 1.82) is 0 Å². The number of furan rings is 1. The molecular weight excluding hydrogens is 393 g/mol. The Morgan fingerprint density at radius 2 is 1.90 bits per heavy atom. The summed E-state index contributed by atoms with van der Waals surface area (Å²) in [6.07, 6.45) is -2.55. The summed E-state index contributed by atoms with van der Waals surface area (Å²) < 4.78 is 51.6. The highest BCUT2D eigenvalue weighted by Crippen LogP contribution is 2.30. The van der Waals surface area contributed by atoms with Crippen LogP contribution in [0.4, 0.5) is 13.2 Å². The molecule has 0 saturated heterocycles. The van der Waals surface area contributed by atoms with Crippen molar-refractivity contribution in [2.45, 2.75) is 25.6 Å². The highest BCUT2D eigenvalue weighted by molar-refractivity contribution is 5.84. The second-order valence-electron chi connectivity index (χ2n) is 6.02. The van der Waals surface area contributed by atoms with Crippen molar-refractivity contribution in [3.05, 3.63) is 47.9 Å². The lowest BCUT2D eigenvalue weighted by molar-refractivity contribution is -0.153. The zero-order valence-corrected chi connectivity index (χ0v) is 15.7. The number of hydrogen-bond acceptors (Lipinski definition) is 5. The van der Waals surface area contributed by atoms with E-state index in [0.717, 1.165) is 0 Å². The summed E-state index contributed by atoms with van der Waals surface area (Å²) in [5, 5.41) is 5.10. The molecule has 10 heteroatoms. The van der Waals surface area contributed by atoms with E-state index in [-0.39, 0.29) is 42.8 Å². The quantitative estimate of drug-likeness (QED) is 0.624. The fourth-order valence-corrected chi connectivity index (χ4v) is 2.33. The highest BCUT2D eigenvalue weighted by Gasteiger charge is 2.29. The van der Waals surface area contributed by atoms with Gasteiger partial charge in [-0.15, -0.1) is 0 Å². The minimum absolute atomic E-state index is 0.0359. The van der Waals surface area contributed by atoms with Crippen molar-refractivity contribution in [2.24, 2.45) is 0 Å². The largest absolute Gasteiger partial charge is 0.493 e. The van der Waals surface area contributed by atoms with Crippen LogP contribution < -0.4 is 20.1 Å². The number of methoxy groups -OCH3 is 1. The van der Waals surface area contributed by atoms with Crippen LogP contribution in [-0.2, 0) is 22.6 Å². The standard InChI is InChI=1S/C19H21F3N2O5/c1-27-16-9-13(4-6-15(16)29-12-19(20,21)22)5-7-17(25)24-11-18(26)23-10-14-3-2-8-28-14/h2-4,6,8-9H,5,7,10-12H2,1H3,(H,23,26)(H,24,25). The van der Waals surface area contributed by atoms with Crippen LogP contribution in [0.25, 0.3) is 0 Å². The molecule has 7 nitrogen and oxygen atoms in total. The average Bonchev–Trinajstić information content (AvgIpc) is 3.20. The molecule has 0 saturated carbocycles. The maximum Gasteiger partial charge on any atom is 0.422 e. The number of rotatable bonds is 10. The number of amides is 2. The molecule has 2 amide bonds. The highest BCUT2D eigenvalue weighted by atomic mass is 19.4. The molecule has 0 bridgehead atoms. The van der Waals surface area contributed by atoms with Crippen molar-refractivity contribution in [3.63, 3.8) is 0 Å². The van der Waals surface area contributed by atoms with E-state index in [0.29, 0.717) is 17.7 Å². The molecule has 0 atom stereocenters. The molecule has 2 rings (SSSR count). The van der Waals surface area contributed by atoms with Gasteiger partial charge in [-0.25, -0.2) is 0 Å². The van der Waals surface area contributed by atoms with Gasteiger partial charge in [0.05, 0.1) is 26.5 Å². The van der Waals surface area contributed by atoms with Gasteiger partial charge in [0, 0.05) is 6.42 Å². The summed E-state index contributed by atoms with van der Waals surface area (Å²) in [6.45, 7) is -1.37. The molecule has 2 N–H and O–H groups in total. The molecule has 1 aromatic heterocycles. The van der Waals surface area contributed by atoms with Gasteiger partial charge in [-0.1, -0.05) is 6.07 Å². The zero-order chi connectivity index (χ0) is 21.3. The molecule has 1 heterocycles. The smallest absolute Gasteiger partial charge is 0.422 e. The van der Waals surface area contributed by atoms with Gasteiger partial charge >= 0.3 is 6.18 Å². The average molecular weight is 414 g/mol. The predicted octanol–water partition coefficient (Wildman–Crippen LogP) is 2.59. The predicted molar refractivity (Wildman–Crippen MR) is 96.4 cm³/mol. The van der Waals surface area contributed by atoms with E-state index in [1.807, 2.05) is 0 Å². The number of ether oxygens (including phenoxy) is 2. The van der Waals surface area contributed by atoms with E-state index in [4.69, 9.17) is 13.9 Å². The van der Waals surface area contributed by atoms with Crippen LogP contribution in [0, 0.1) is 0 Å². The van der Waals surface area contributed by atoms with Crippen LogP contribution in [0.2, 0.25) is 0 Å². The fourth-order valence-electron chi connectivity index (χ4n) is 2.33. The van der Waals surface area contributed by atoms with Crippen LogP contribution in [-0.4, -0.2) is 38.3 Å². The molecule has 0 aliphatic carbocycles. The molecule has 0 radical (unpaired) electrons. The first kappa shape index (κ1) is 22.1. The first-order valence-corrected chi connectivity index (χ1v) is 8.69. The number of alkyl halides is 3. The van der Waals surface area contributed by atoms with Crippen LogP contribution in [0.3, 0.4) is 0 Å². The van der Waals surface area contributed by atoms with Crippen molar-refractivity contribution < 1.29 is 36.7 Å². The maximum absolute atomic E-state index is 12.3. The Bertz CT molecular complexity index is 807. The molecular formula is C19H21F3N2O5. The van der Waals surface area contributed by atoms with E-state index in [1.54, 1.807) is 18.2 Å². The van der Waals surface area contributed by atoms with Gasteiger partial charge in [0.25, 0.3) is 0 Å². The van der Waals surface area contributed by atoms with Crippen LogP contribution in [0.1, 0.15) is 17.7 Å².